The molecule has 0 spiro atoms. The summed E-state index contributed by atoms with van der Waals surface area (Å²) in [7, 11) is 0. The van der Waals surface area contributed by atoms with E-state index in [4.69, 9.17) is 4.74 Å². The fourth-order valence-corrected chi connectivity index (χ4v) is 2.56. The highest BCUT2D eigenvalue weighted by molar-refractivity contribution is 5.88. The van der Waals surface area contributed by atoms with Gasteiger partial charge in [0.2, 0.25) is 0 Å². The van der Waals surface area contributed by atoms with Gasteiger partial charge in [-0.25, -0.2) is 4.79 Å². The number of rotatable bonds is 3. The van der Waals surface area contributed by atoms with Crippen molar-refractivity contribution in [3.63, 3.8) is 0 Å². The molecule has 2 heterocycles. The number of hydrogen-bond donors (Lipinski definition) is 1. The SMILES string of the molecule is CCc1ccc([C@@H]2CN(C(=O)Nc3cccnn3)CCO2)cc1. The Kier molecular flexibility index (Phi) is 4.83. The molecular weight excluding hydrogens is 292 g/mol. The molecule has 1 saturated heterocycles. The molecule has 120 valence electrons. The minimum atomic E-state index is -0.177. The first kappa shape index (κ1) is 15.4. The summed E-state index contributed by atoms with van der Waals surface area (Å²) >= 11 is 0. The summed E-state index contributed by atoms with van der Waals surface area (Å²) in [4.78, 5) is 14.1. The Morgan fingerprint density at radius 1 is 1.35 bits per heavy atom. The Bertz CT molecular complexity index is 645. The van der Waals surface area contributed by atoms with Crippen LogP contribution in [0.3, 0.4) is 0 Å². The Balaban J connectivity index is 1.64. The summed E-state index contributed by atoms with van der Waals surface area (Å²) in [6.07, 6.45) is 2.49. The number of hydrogen-bond acceptors (Lipinski definition) is 4. The van der Waals surface area contributed by atoms with Gasteiger partial charge in [0.05, 0.1) is 13.2 Å². The molecule has 1 fully saturated rings. The number of aryl methyl sites for hydroxylation is 1. The van der Waals surface area contributed by atoms with Crippen molar-refractivity contribution in [2.24, 2.45) is 0 Å². The van der Waals surface area contributed by atoms with E-state index < -0.39 is 0 Å². The molecule has 1 N–H and O–H groups in total. The zero-order valence-corrected chi connectivity index (χ0v) is 13.1. The van der Waals surface area contributed by atoms with Gasteiger partial charge in [0.25, 0.3) is 0 Å². The van der Waals surface area contributed by atoms with E-state index in [1.54, 1.807) is 23.2 Å². The second-order valence-electron chi connectivity index (χ2n) is 5.44. The van der Waals surface area contributed by atoms with Crippen LogP contribution in [-0.2, 0) is 11.2 Å². The minimum absolute atomic E-state index is 0.0951. The van der Waals surface area contributed by atoms with E-state index in [1.807, 2.05) is 0 Å². The standard InChI is InChI=1S/C17H20N4O2/c1-2-13-5-7-14(8-6-13)15-12-21(10-11-23-15)17(22)19-16-4-3-9-18-20-16/h3-9,15H,2,10-12H2,1H3,(H,19,20,22)/t15-/m0/s1. The minimum Gasteiger partial charge on any atom is -0.370 e. The third-order valence-electron chi connectivity index (χ3n) is 3.92. The van der Waals surface area contributed by atoms with Crippen LogP contribution in [0.5, 0.6) is 0 Å². The Labute approximate surface area is 135 Å². The maximum atomic E-state index is 12.3. The van der Waals surface area contributed by atoms with E-state index >= 15 is 0 Å². The van der Waals surface area contributed by atoms with Gasteiger partial charge in [-0.05, 0) is 29.7 Å². The number of benzene rings is 1. The molecule has 2 aromatic rings. The molecular formula is C17H20N4O2. The molecule has 1 aliphatic rings. The van der Waals surface area contributed by atoms with Crippen molar-refractivity contribution in [1.29, 1.82) is 0 Å². The lowest BCUT2D eigenvalue weighted by Gasteiger charge is -2.33. The van der Waals surface area contributed by atoms with Crippen LogP contribution in [-0.4, -0.2) is 40.8 Å². The number of ether oxygens (including phenoxy) is 1. The molecule has 23 heavy (non-hydrogen) atoms. The summed E-state index contributed by atoms with van der Waals surface area (Å²) < 4.78 is 5.82. The van der Waals surface area contributed by atoms with E-state index in [0.717, 1.165) is 12.0 Å². The Morgan fingerprint density at radius 2 is 2.17 bits per heavy atom. The second-order valence-corrected chi connectivity index (χ2v) is 5.44. The monoisotopic (exact) mass is 312 g/mol. The van der Waals surface area contributed by atoms with Crippen molar-refractivity contribution in [2.75, 3.05) is 25.0 Å². The molecule has 1 aromatic carbocycles. The number of morpholine rings is 1. The van der Waals surface area contributed by atoms with E-state index in [-0.39, 0.29) is 12.1 Å². The normalized spacial score (nSPS) is 17.8. The van der Waals surface area contributed by atoms with Gasteiger partial charge >= 0.3 is 6.03 Å². The third-order valence-corrected chi connectivity index (χ3v) is 3.92. The molecule has 0 bridgehead atoms. The van der Waals surface area contributed by atoms with Crippen LogP contribution in [0, 0.1) is 0 Å². The van der Waals surface area contributed by atoms with Crippen molar-refractivity contribution >= 4 is 11.8 Å². The van der Waals surface area contributed by atoms with Gasteiger partial charge in [0, 0.05) is 12.7 Å². The molecule has 0 radical (unpaired) electrons. The maximum Gasteiger partial charge on any atom is 0.323 e. The number of urea groups is 1. The summed E-state index contributed by atoms with van der Waals surface area (Å²) in [5.74, 6) is 0.452. The van der Waals surface area contributed by atoms with Gasteiger partial charge in [0.1, 0.15) is 6.10 Å². The number of nitrogens with one attached hydrogen (secondary N) is 1. The molecule has 0 aliphatic carbocycles. The van der Waals surface area contributed by atoms with Gasteiger partial charge in [0.15, 0.2) is 5.82 Å². The van der Waals surface area contributed by atoms with Gasteiger partial charge in [-0.15, -0.1) is 5.10 Å². The average Bonchev–Trinajstić information content (AvgIpc) is 2.63. The first-order valence-electron chi connectivity index (χ1n) is 7.80. The summed E-state index contributed by atoms with van der Waals surface area (Å²) in [6.45, 7) is 3.74. The molecule has 1 atom stereocenters. The number of anilines is 1. The lowest BCUT2D eigenvalue weighted by Crippen LogP contribution is -2.44. The van der Waals surface area contributed by atoms with Gasteiger partial charge in [-0.1, -0.05) is 31.2 Å². The Morgan fingerprint density at radius 3 is 2.87 bits per heavy atom. The number of nitrogens with zero attached hydrogens (tertiary/aromatic N) is 3. The topological polar surface area (TPSA) is 67.4 Å². The van der Waals surface area contributed by atoms with Crippen molar-refractivity contribution < 1.29 is 9.53 Å². The largest absolute Gasteiger partial charge is 0.370 e. The van der Waals surface area contributed by atoms with Crippen LogP contribution >= 0.6 is 0 Å². The predicted molar refractivity (Wildman–Crippen MR) is 87.1 cm³/mol. The highest BCUT2D eigenvalue weighted by Crippen LogP contribution is 2.23. The first-order valence-corrected chi connectivity index (χ1v) is 7.80. The van der Waals surface area contributed by atoms with Crippen LogP contribution < -0.4 is 5.32 Å². The molecule has 3 rings (SSSR count). The number of carbonyl (C=O) groups is 1. The van der Waals surface area contributed by atoms with E-state index in [1.165, 1.54) is 5.56 Å². The molecule has 1 aromatic heterocycles. The lowest BCUT2D eigenvalue weighted by atomic mass is 10.0. The zero-order chi connectivity index (χ0) is 16.1. The fraction of sp³-hybridized carbons (Fsp3) is 0.353. The smallest absolute Gasteiger partial charge is 0.323 e. The highest BCUT2D eigenvalue weighted by Gasteiger charge is 2.25. The maximum absolute atomic E-state index is 12.3. The molecule has 0 unspecified atom stereocenters. The predicted octanol–water partition coefficient (Wildman–Crippen LogP) is 2.64. The average molecular weight is 312 g/mol. The van der Waals surface area contributed by atoms with E-state index in [2.05, 4.69) is 46.7 Å². The number of amides is 2. The van der Waals surface area contributed by atoms with Gasteiger partial charge < -0.3 is 9.64 Å². The zero-order valence-electron chi connectivity index (χ0n) is 13.1. The Hall–Kier alpha value is -2.47. The molecule has 2 amide bonds. The van der Waals surface area contributed by atoms with Crippen molar-refractivity contribution in [3.8, 4) is 0 Å². The van der Waals surface area contributed by atoms with Gasteiger partial charge in [-0.3, -0.25) is 5.32 Å². The van der Waals surface area contributed by atoms with Crippen LogP contribution in [0.1, 0.15) is 24.2 Å². The fourth-order valence-electron chi connectivity index (χ4n) is 2.56. The van der Waals surface area contributed by atoms with E-state index in [9.17, 15) is 4.79 Å². The molecule has 6 heteroatoms. The van der Waals surface area contributed by atoms with Crippen molar-refractivity contribution in [2.45, 2.75) is 19.4 Å². The summed E-state index contributed by atoms with van der Waals surface area (Å²) in [6, 6.07) is 11.6. The molecule has 6 nitrogen and oxygen atoms in total. The van der Waals surface area contributed by atoms with Crippen LogP contribution in [0.2, 0.25) is 0 Å². The quantitative estimate of drug-likeness (QED) is 0.946. The summed E-state index contributed by atoms with van der Waals surface area (Å²) in [5.41, 5.74) is 2.39. The van der Waals surface area contributed by atoms with Gasteiger partial charge in [-0.2, -0.15) is 5.10 Å². The van der Waals surface area contributed by atoms with E-state index in [0.29, 0.717) is 25.5 Å². The molecule has 0 saturated carbocycles. The van der Waals surface area contributed by atoms with Crippen LogP contribution in [0.25, 0.3) is 0 Å². The third kappa shape index (κ3) is 3.84. The summed E-state index contributed by atoms with van der Waals surface area (Å²) in [5, 5.41) is 10.4. The van der Waals surface area contributed by atoms with Crippen molar-refractivity contribution in [3.05, 3.63) is 53.7 Å². The second kappa shape index (κ2) is 7.19. The lowest BCUT2D eigenvalue weighted by molar-refractivity contribution is -0.0135. The highest BCUT2D eigenvalue weighted by atomic mass is 16.5. The van der Waals surface area contributed by atoms with Crippen molar-refractivity contribution in [1.82, 2.24) is 15.1 Å². The first-order chi connectivity index (χ1) is 11.3. The van der Waals surface area contributed by atoms with Crippen LogP contribution in [0.15, 0.2) is 42.6 Å². The number of carbonyl (C=O) groups excluding carboxylic acids is 1. The molecule has 1 aliphatic heterocycles. The number of aromatic nitrogens is 2. The van der Waals surface area contributed by atoms with Crippen LogP contribution in [0.4, 0.5) is 10.6 Å².